The lowest BCUT2D eigenvalue weighted by Crippen LogP contribution is -2.26. The first-order valence-electron chi connectivity index (χ1n) is 6.95. The fraction of sp³-hybridized carbons (Fsp3) is 0.375. The van der Waals surface area contributed by atoms with Gasteiger partial charge in [0.1, 0.15) is 0 Å². The van der Waals surface area contributed by atoms with Crippen molar-refractivity contribution in [2.24, 2.45) is 0 Å². The highest BCUT2D eigenvalue weighted by Crippen LogP contribution is 2.20. The standard InChI is InChI=1S/C16H20N2O3S/c1-10-14(16(20)21-4)11(2)17-15(10)13(19)9-18(3)8-12-6-5-7-22-12/h5-7,17H,8-9H2,1-4H3. The van der Waals surface area contributed by atoms with Gasteiger partial charge in [0.2, 0.25) is 0 Å². The first-order chi connectivity index (χ1) is 10.4. The van der Waals surface area contributed by atoms with Crippen molar-refractivity contribution in [2.75, 3.05) is 20.7 Å². The number of thiophene rings is 1. The van der Waals surface area contributed by atoms with Crippen LogP contribution in [-0.2, 0) is 11.3 Å². The predicted octanol–water partition coefficient (Wildman–Crippen LogP) is 2.79. The minimum atomic E-state index is -0.419. The van der Waals surface area contributed by atoms with Crippen molar-refractivity contribution in [3.05, 3.63) is 44.9 Å². The number of aryl methyl sites for hydroxylation is 1. The van der Waals surface area contributed by atoms with Crippen molar-refractivity contribution < 1.29 is 14.3 Å². The Morgan fingerprint density at radius 3 is 2.68 bits per heavy atom. The number of ketones is 1. The Kier molecular flexibility index (Phi) is 5.15. The first-order valence-corrected chi connectivity index (χ1v) is 7.83. The largest absolute Gasteiger partial charge is 0.465 e. The number of esters is 1. The number of nitrogens with zero attached hydrogens (tertiary/aromatic N) is 1. The molecule has 1 N–H and O–H groups in total. The van der Waals surface area contributed by atoms with Gasteiger partial charge in [-0.05, 0) is 37.9 Å². The molecule has 0 amide bonds. The Morgan fingerprint density at radius 1 is 1.36 bits per heavy atom. The van der Waals surface area contributed by atoms with Crippen molar-refractivity contribution in [1.29, 1.82) is 0 Å². The summed E-state index contributed by atoms with van der Waals surface area (Å²) < 4.78 is 4.76. The summed E-state index contributed by atoms with van der Waals surface area (Å²) >= 11 is 1.67. The second-order valence-electron chi connectivity index (χ2n) is 5.29. The highest BCUT2D eigenvalue weighted by molar-refractivity contribution is 7.09. The van der Waals surface area contributed by atoms with Gasteiger partial charge in [0.25, 0.3) is 0 Å². The van der Waals surface area contributed by atoms with Crippen LogP contribution in [0.25, 0.3) is 0 Å². The molecule has 2 aromatic heterocycles. The van der Waals surface area contributed by atoms with Gasteiger partial charge in [-0.3, -0.25) is 9.69 Å². The molecular formula is C16H20N2O3S. The number of hydrogen-bond acceptors (Lipinski definition) is 5. The molecule has 0 saturated heterocycles. The molecule has 0 saturated carbocycles. The van der Waals surface area contributed by atoms with E-state index < -0.39 is 5.97 Å². The third-order valence-corrected chi connectivity index (χ3v) is 4.39. The van der Waals surface area contributed by atoms with Gasteiger partial charge in [-0.2, -0.15) is 0 Å². The number of ether oxygens (including phenoxy) is 1. The minimum absolute atomic E-state index is 0.0326. The molecule has 0 spiro atoms. The molecule has 6 heteroatoms. The fourth-order valence-electron chi connectivity index (χ4n) is 2.49. The van der Waals surface area contributed by atoms with Gasteiger partial charge in [-0.25, -0.2) is 4.79 Å². The molecule has 2 aromatic rings. The summed E-state index contributed by atoms with van der Waals surface area (Å²) in [6.45, 7) is 4.55. The van der Waals surface area contributed by atoms with Crippen molar-refractivity contribution in [1.82, 2.24) is 9.88 Å². The van der Waals surface area contributed by atoms with Crippen LogP contribution in [0.5, 0.6) is 0 Å². The second kappa shape index (κ2) is 6.89. The number of likely N-dealkylation sites (N-methyl/N-ethyl adjacent to an activating group) is 1. The zero-order valence-corrected chi connectivity index (χ0v) is 14.0. The summed E-state index contributed by atoms with van der Waals surface area (Å²) in [4.78, 5) is 30.4. The quantitative estimate of drug-likeness (QED) is 0.657. The number of methoxy groups -OCH3 is 1. The number of nitrogens with one attached hydrogen (secondary N) is 1. The molecule has 0 aliphatic heterocycles. The third kappa shape index (κ3) is 3.45. The molecule has 0 fully saturated rings. The summed E-state index contributed by atoms with van der Waals surface area (Å²) in [7, 11) is 3.24. The van der Waals surface area contributed by atoms with E-state index in [9.17, 15) is 9.59 Å². The number of Topliss-reactive ketones (excluding diaryl/α,β-unsaturated/α-hetero) is 1. The maximum atomic E-state index is 12.5. The number of rotatable bonds is 6. The van der Waals surface area contributed by atoms with Crippen LogP contribution in [0.3, 0.4) is 0 Å². The molecule has 5 nitrogen and oxygen atoms in total. The molecular weight excluding hydrogens is 300 g/mol. The molecule has 118 valence electrons. The lowest BCUT2D eigenvalue weighted by molar-refractivity contribution is 0.0599. The van der Waals surface area contributed by atoms with Gasteiger partial charge >= 0.3 is 5.97 Å². The molecule has 2 rings (SSSR count). The summed E-state index contributed by atoms with van der Waals surface area (Å²) in [5.41, 5.74) is 2.25. The van der Waals surface area contributed by atoms with E-state index in [4.69, 9.17) is 4.74 Å². The Bertz CT molecular complexity index is 674. The lowest BCUT2D eigenvalue weighted by atomic mass is 10.1. The molecule has 0 radical (unpaired) electrons. The van der Waals surface area contributed by atoms with Gasteiger partial charge in [0, 0.05) is 17.1 Å². The highest BCUT2D eigenvalue weighted by atomic mass is 32.1. The zero-order valence-electron chi connectivity index (χ0n) is 13.2. The Balaban J connectivity index is 2.11. The molecule has 0 bridgehead atoms. The van der Waals surface area contributed by atoms with Crippen molar-refractivity contribution in [2.45, 2.75) is 20.4 Å². The number of H-pyrrole nitrogens is 1. The van der Waals surface area contributed by atoms with Crippen molar-refractivity contribution >= 4 is 23.1 Å². The molecule has 2 heterocycles. The monoisotopic (exact) mass is 320 g/mol. The summed E-state index contributed by atoms with van der Waals surface area (Å²) in [5, 5.41) is 2.02. The van der Waals surface area contributed by atoms with Gasteiger partial charge in [0.05, 0.1) is 24.9 Å². The van der Waals surface area contributed by atoms with Gasteiger partial charge < -0.3 is 9.72 Å². The minimum Gasteiger partial charge on any atom is -0.465 e. The van der Waals surface area contributed by atoms with E-state index >= 15 is 0 Å². The highest BCUT2D eigenvalue weighted by Gasteiger charge is 2.22. The Morgan fingerprint density at radius 2 is 2.09 bits per heavy atom. The molecule has 0 aliphatic carbocycles. The number of carbonyl (C=O) groups is 2. The number of aromatic amines is 1. The number of hydrogen-bond donors (Lipinski definition) is 1. The van der Waals surface area contributed by atoms with Crippen LogP contribution in [0.4, 0.5) is 0 Å². The molecule has 0 aliphatic rings. The van der Waals surface area contributed by atoms with Gasteiger partial charge in [-0.1, -0.05) is 6.07 Å². The zero-order chi connectivity index (χ0) is 16.3. The average Bonchev–Trinajstić information content (AvgIpc) is 3.06. The van der Waals surface area contributed by atoms with E-state index in [1.807, 2.05) is 29.5 Å². The normalized spacial score (nSPS) is 11.0. The van der Waals surface area contributed by atoms with Crippen LogP contribution in [0.1, 0.15) is 37.0 Å². The summed E-state index contributed by atoms with van der Waals surface area (Å²) in [6.07, 6.45) is 0. The van der Waals surface area contributed by atoms with Crippen LogP contribution >= 0.6 is 11.3 Å². The summed E-state index contributed by atoms with van der Waals surface area (Å²) in [5.74, 6) is -0.452. The summed E-state index contributed by atoms with van der Waals surface area (Å²) in [6, 6.07) is 4.04. The van der Waals surface area contributed by atoms with Gasteiger partial charge in [-0.15, -0.1) is 11.3 Å². The fourth-order valence-corrected chi connectivity index (χ4v) is 3.27. The van der Waals surface area contributed by atoms with Crippen LogP contribution in [-0.4, -0.2) is 42.3 Å². The van der Waals surface area contributed by atoms with Crippen LogP contribution < -0.4 is 0 Å². The number of aromatic nitrogens is 1. The van der Waals surface area contributed by atoms with E-state index in [1.165, 1.54) is 12.0 Å². The van der Waals surface area contributed by atoms with Crippen LogP contribution in [0.15, 0.2) is 17.5 Å². The smallest absolute Gasteiger partial charge is 0.339 e. The SMILES string of the molecule is COC(=O)c1c(C)[nH]c(C(=O)CN(C)Cc2cccs2)c1C. The Hall–Kier alpha value is -1.92. The van der Waals surface area contributed by atoms with E-state index in [0.29, 0.717) is 29.1 Å². The number of carbonyl (C=O) groups excluding carboxylic acids is 2. The topological polar surface area (TPSA) is 62.4 Å². The first kappa shape index (κ1) is 16.5. The average molecular weight is 320 g/mol. The van der Waals surface area contributed by atoms with E-state index in [1.54, 1.807) is 25.2 Å². The van der Waals surface area contributed by atoms with Crippen LogP contribution in [0, 0.1) is 13.8 Å². The van der Waals surface area contributed by atoms with Gasteiger partial charge in [0.15, 0.2) is 5.78 Å². The van der Waals surface area contributed by atoms with Crippen LogP contribution in [0.2, 0.25) is 0 Å². The van der Waals surface area contributed by atoms with E-state index in [0.717, 1.165) is 6.54 Å². The molecule has 0 atom stereocenters. The predicted molar refractivity (Wildman–Crippen MR) is 86.6 cm³/mol. The maximum Gasteiger partial charge on any atom is 0.339 e. The second-order valence-corrected chi connectivity index (χ2v) is 6.32. The van der Waals surface area contributed by atoms with E-state index in [-0.39, 0.29) is 5.78 Å². The maximum absolute atomic E-state index is 12.5. The molecule has 0 unspecified atom stereocenters. The van der Waals surface area contributed by atoms with Crippen molar-refractivity contribution in [3.8, 4) is 0 Å². The molecule has 0 aromatic carbocycles. The van der Waals surface area contributed by atoms with E-state index in [2.05, 4.69) is 4.98 Å². The van der Waals surface area contributed by atoms with Crippen molar-refractivity contribution in [3.63, 3.8) is 0 Å². The Labute approximate surface area is 133 Å². The lowest BCUT2D eigenvalue weighted by Gasteiger charge is -2.14. The molecule has 22 heavy (non-hydrogen) atoms. The third-order valence-electron chi connectivity index (χ3n) is 3.53.